The smallest absolute Gasteiger partial charge is 0.435 e. The summed E-state index contributed by atoms with van der Waals surface area (Å²) in [5.74, 6) is -3.03. The maximum atomic E-state index is 13.8. The molecular weight excluding hydrogens is 517 g/mol. The van der Waals surface area contributed by atoms with Crippen molar-refractivity contribution in [3.05, 3.63) is 82.1 Å². The largest absolute Gasteiger partial charge is 0.478 e. The molecule has 1 aromatic heterocycles. The molecule has 2 aromatic carbocycles. The Balaban J connectivity index is 1.70. The first kappa shape index (κ1) is 25.7. The number of anilines is 1. The van der Waals surface area contributed by atoms with Crippen molar-refractivity contribution in [2.75, 3.05) is 11.6 Å². The molecule has 0 atom stereocenters. The molecule has 0 radical (unpaired) electrons. The third kappa shape index (κ3) is 5.26. The average molecular weight is 533 g/mol. The molecule has 0 bridgehead atoms. The van der Waals surface area contributed by atoms with Gasteiger partial charge in [0.05, 0.1) is 34.0 Å². The number of aromatic carboxylic acids is 1. The van der Waals surface area contributed by atoms with Gasteiger partial charge < -0.3 is 14.3 Å². The van der Waals surface area contributed by atoms with Gasteiger partial charge in [-0.3, -0.25) is 4.79 Å². The van der Waals surface area contributed by atoms with Crippen LogP contribution in [0.4, 0.5) is 18.9 Å². The number of benzene rings is 2. The molecule has 0 unspecified atom stereocenters. The van der Waals surface area contributed by atoms with Crippen LogP contribution < -0.4 is 5.01 Å². The highest BCUT2D eigenvalue weighted by Crippen LogP contribution is 2.34. The minimum absolute atomic E-state index is 0.000141. The lowest BCUT2D eigenvalue weighted by molar-refractivity contribution is -0.114. The van der Waals surface area contributed by atoms with Crippen LogP contribution in [0.1, 0.15) is 33.4 Å². The number of amides is 1. The summed E-state index contributed by atoms with van der Waals surface area (Å²) in [7, 11) is 0. The van der Waals surface area contributed by atoms with Crippen LogP contribution in [0.5, 0.6) is 0 Å². The summed E-state index contributed by atoms with van der Waals surface area (Å²) in [5, 5.41) is 13.3. The molecule has 4 rings (SSSR count). The predicted molar refractivity (Wildman–Crippen MR) is 127 cm³/mol. The topological polar surface area (TPSA) is 109 Å². The highest BCUT2D eigenvalue weighted by atomic mass is 35.5. The normalized spacial score (nSPS) is 14.7. The van der Waals surface area contributed by atoms with E-state index in [4.69, 9.17) is 20.8 Å². The van der Waals surface area contributed by atoms with Gasteiger partial charge in [-0.15, -0.1) is 0 Å². The zero-order chi connectivity index (χ0) is 26.9. The van der Waals surface area contributed by atoms with Crippen molar-refractivity contribution in [1.29, 1.82) is 0 Å². The van der Waals surface area contributed by atoms with Crippen LogP contribution in [-0.4, -0.2) is 41.4 Å². The van der Waals surface area contributed by atoms with Gasteiger partial charge >= 0.3 is 18.1 Å². The van der Waals surface area contributed by atoms with Gasteiger partial charge in [0.25, 0.3) is 5.91 Å². The zero-order valence-electron chi connectivity index (χ0n) is 18.9. The molecule has 3 aromatic rings. The number of nitrogens with zero attached hydrogens (tertiary/aromatic N) is 2. The van der Waals surface area contributed by atoms with E-state index in [-0.39, 0.29) is 40.0 Å². The van der Waals surface area contributed by atoms with E-state index in [9.17, 15) is 32.7 Å². The summed E-state index contributed by atoms with van der Waals surface area (Å²) in [5.41, 5.74) is -2.13. The van der Waals surface area contributed by atoms with Gasteiger partial charge in [-0.05, 0) is 61.5 Å². The molecule has 8 nitrogen and oxygen atoms in total. The fraction of sp³-hybridized carbons (Fsp3) is 0.120. The summed E-state index contributed by atoms with van der Waals surface area (Å²) in [4.78, 5) is 36.4. The number of hydrogen-bond acceptors (Lipinski definition) is 6. The highest BCUT2D eigenvalue weighted by molar-refractivity contribution is 6.34. The first-order valence-corrected chi connectivity index (χ1v) is 11.0. The molecule has 37 heavy (non-hydrogen) atoms. The SMILES string of the molecule is CCOC(=O)c1cccc(N2N=C(C(F)(F)F)/C(=C/c3ccc(-c4ccc(Cl)c(C(=O)O)c4)o3)C2=O)c1. The number of alkyl halides is 3. The Morgan fingerprint density at radius 1 is 1.16 bits per heavy atom. The maximum Gasteiger partial charge on any atom is 0.435 e. The number of hydrazone groups is 1. The highest BCUT2D eigenvalue weighted by Gasteiger charge is 2.47. The van der Waals surface area contributed by atoms with Crippen molar-refractivity contribution in [3.63, 3.8) is 0 Å². The van der Waals surface area contributed by atoms with Gasteiger partial charge in [-0.25, -0.2) is 9.59 Å². The molecule has 1 aliphatic rings. The van der Waals surface area contributed by atoms with Crippen LogP contribution in [0.25, 0.3) is 17.4 Å². The molecule has 0 fully saturated rings. The standard InChI is InChI=1S/C25H16ClF3N2O6/c1-2-36-24(35)14-4-3-5-15(10-14)31-22(32)18(21(30-31)25(27,28)29)12-16-7-9-20(37-16)13-6-8-19(26)17(11-13)23(33)34/h3-12H,2H2,1H3,(H,33,34)/b18-12-. The minimum Gasteiger partial charge on any atom is -0.478 e. The van der Waals surface area contributed by atoms with Gasteiger partial charge in [-0.1, -0.05) is 17.7 Å². The van der Waals surface area contributed by atoms with Gasteiger partial charge in [0.15, 0.2) is 5.71 Å². The quantitative estimate of drug-likeness (QED) is 0.316. The van der Waals surface area contributed by atoms with E-state index >= 15 is 0 Å². The van der Waals surface area contributed by atoms with Gasteiger partial charge in [0, 0.05) is 5.56 Å². The van der Waals surface area contributed by atoms with E-state index in [1.807, 2.05) is 0 Å². The summed E-state index contributed by atoms with van der Waals surface area (Å²) < 4.78 is 51.8. The summed E-state index contributed by atoms with van der Waals surface area (Å²) in [6, 6.07) is 12.1. The fourth-order valence-electron chi connectivity index (χ4n) is 3.48. The average Bonchev–Trinajstić information content (AvgIpc) is 3.44. The molecule has 2 heterocycles. The summed E-state index contributed by atoms with van der Waals surface area (Å²) in [6.45, 7) is 1.69. The summed E-state index contributed by atoms with van der Waals surface area (Å²) in [6.07, 6.45) is -4.08. The van der Waals surface area contributed by atoms with E-state index in [0.29, 0.717) is 10.6 Å². The third-order valence-electron chi connectivity index (χ3n) is 5.14. The monoisotopic (exact) mass is 532 g/mol. The van der Waals surface area contributed by atoms with Crippen LogP contribution >= 0.6 is 11.6 Å². The maximum absolute atomic E-state index is 13.8. The molecule has 0 saturated carbocycles. The molecule has 0 saturated heterocycles. The second-order valence-corrected chi connectivity index (χ2v) is 8.00. The van der Waals surface area contributed by atoms with E-state index in [1.165, 1.54) is 54.6 Å². The molecule has 1 aliphatic heterocycles. The number of carbonyl (C=O) groups excluding carboxylic acids is 2. The van der Waals surface area contributed by atoms with Crippen LogP contribution in [-0.2, 0) is 9.53 Å². The second-order valence-electron chi connectivity index (χ2n) is 7.59. The Morgan fingerprint density at radius 2 is 1.92 bits per heavy atom. The van der Waals surface area contributed by atoms with Gasteiger partial charge in [-0.2, -0.15) is 23.3 Å². The number of furan rings is 1. The lowest BCUT2D eigenvalue weighted by Gasteiger charge is -2.12. The zero-order valence-corrected chi connectivity index (χ0v) is 19.6. The third-order valence-corrected chi connectivity index (χ3v) is 5.47. The van der Waals surface area contributed by atoms with E-state index in [0.717, 1.165) is 6.08 Å². The fourth-order valence-corrected chi connectivity index (χ4v) is 3.68. The number of hydrogen-bond donors (Lipinski definition) is 1. The van der Waals surface area contributed by atoms with E-state index in [2.05, 4.69) is 5.10 Å². The Kier molecular flexibility index (Phi) is 6.90. The van der Waals surface area contributed by atoms with Crippen molar-refractivity contribution in [1.82, 2.24) is 0 Å². The number of carboxylic acid groups (broad SMARTS) is 1. The number of ether oxygens (including phenoxy) is 1. The van der Waals surface area contributed by atoms with Gasteiger partial charge in [0.1, 0.15) is 11.5 Å². The van der Waals surface area contributed by atoms with Crippen LogP contribution in [0.2, 0.25) is 5.02 Å². The summed E-state index contributed by atoms with van der Waals surface area (Å²) >= 11 is 5.87. The van der Waals surface area contributed by atoms with E-state index in [1.54, 1.807) is 6.92 Å². The Hall–Kier alpha value is -4.38. The van der Waals surface area contributed by atoms with Crippen LogP contribution in [0, 0.1) is 0 Å². The first-order chi connectivity index (χ1) is 17.5. The molecular formula is C25H16ClF3N2O6. The van der Waals surface area contributed by atoms with Crippen molar-refractivity contribution in [2.24, 2.45) is 5.10 Å². The number of carbonyl (C=O) groups is 3. The predicted octanol–water partition coefficient (Wildman–Crippen LogP) is 5.82. The number of halogens is 4. The van der Waals surface area contributed by atoms with Crippen LogP contribution in [0.3, 0.4) is 0 Å². The lowest BCUT2D eigenvalue weighted by Crippen LogP contribution is -2.25. The van der Waals surface area contributed by atoms with Gasteiger partial charge in [0.2, 0.25) is 0 Å². The Bertz CT molecular complexity index is 1480. The number of esters is 1. The van der Waals surface area contributed by atoms with Crippen LogP contribution in [0.15, 0.2) is 69.7 Å². The Morgan fingerprint density at radius 3 is 2.59 bits per heavy atom. The number of carboxylic acids is 1. The molecule has 0 spiro atoms. The second kappa shape index (κ2) is 9.94. The molecule has 1 N–H and O–H groups in total. The molecule has 190 valence electrons. The lowest BCUT2D eigenvalue weighted by atomic mass is 10.1. The van der Waals surface area contributed by atoms with E-state index < -0.39 is 35.3 Å². The van der Waals surface area contributed by atoms with Crippen molar-refractivity contribution in [2.45, 2.75) is 13.1 Å². The molecule has 12 heteroatoms. The molecule has 1 amide bonds. The number of rotatable bonds is 6. The van der Waals surface area contributed by atoms with Crippen molar-refractivity contribution < 1.29 is 41.8 Å². The van der Waals surface area contributed by atoms with Crippen molar-refractivity contribution in [3.8, 4) is 11.3 Å². The van der Waals surface area contributed by atoms with Crippen molar-refractivity contribution >= 4 is 46.9 Å². The first-order valence-electron chi connectivity index (χ1n) is 10.6. The molecule has 0 aliphatic carbocycles. The Labute approximate surface area is 212 Å². The minimum atomic E-state index is -4.98.